The molecule has 1 aliphatic rings. The van der Waals surface area contributed by atoms with E-state index in [0.717, 1.165) is 5.69 Å². The molecule has 0 amide bonds. The summed E-state index contributed by atoms with van der Waals surface area (Å²) in [5.41, 5.74) is 0.891. The molecular weight excluding hydrogens is 186 g/mol. The van der Waals surface area contributed by atoms with E-state index in [2.05, 4.69) is 10.1 Å². The van der Waals surface area contributed by atoms with Crippen molar-refractivity contribution in [2.24, 2.45) is 0 Å². The van der Waals surface area contributed by atoms with E-state index in [0.29, 0.717) is 18.2 Å². The van der Waals surface area contributed by atoms with E-state index < -0.39 is 6.16 Å². The highest BCUT2D eigenvalue weighted by atomic mass is 16.7. The zero-order valence-corrected chi connectivity index (χ0v) is 7.57. The molecule has 2 rings (SSSR count). The van der Waals surface area contributed by atoms with Crippen LogP contribution >= 0.6 is 0 Å². The normalized spacial score (nSPS) is 12.4. The Morgan fingerprint density at radius 1 is 1.57 bits per heavy atom. The topological polar surface area (TPSA) is 56.8 Å². The van der Waals surface area contributed by atoms with Crippen LogP contribution in [0.15, 0.2) is 18.2 Å². The maximum absolute atomic E-state index is 10.8. The minimum absolute atomic E-state index is 0.402. The van der Waals surface area contributed by atoms with Crippen molar-refractivity contribution in [1.82, 2.24) is 0 Å². The van der Waals surface area contributed by atoms with Gasteiger partial charge in [0.1, 0.15) is 11.5 Å². The number of methoxy groups -OCH3 is 1. The first-order chi connectivity index (χ1) is 6.79. The Hall–Kier alpha value is -1.91. The van der Waals surface area contributed by atoms with Crippen molar-refractivity contribution in [3.8, 4) is 11.5 Å². The van der Waals surface area contributed by atoms with E-state index in [1.165, 1.54) is 7.11 Å². The Bertz CT molecular complexity index is 364. The zero-order valence-electron chi connectivity index (χ0n) is 7.57. The van der Waals surface area contributed by atoms with Crippen molar-refractivity contribution in [1.29, 1.82) is 0 Å². The molecule has 0 radical (unpaired) electrons. The van der Waals surface area contributed by atoms with Crippen LogP contribution in [0.1, 0.15) is 0 Å². The summed E-state index contributed by atoms with van der Waals surface area (Å²) < 4.78 is 14.4. The number of hydrogen-bond acceptors (Lipinski definition) is 5. The van der Waals surface area contributed by atoms with Crippen LogP contribution in [0.4, 0.5) is 10.5 Å². The molecule has 0 saturated heterocycles. The number of carbonyl (C=O) groups is 1. The van der Waals surface area contributed by atoms with Gasteiger partial charge < -0.3 is 19.5 Å². The predicted octanol–water partition coefficient (Wildman–Crippen LogP) is 1.59. The fraction of sp³-hybridized carbons (Fsp3) is 0.222. The van der Waals surface area contributed by atoms with Gasteiger partial charge in [-0.25, -0.2) is 4.79 Å². The Morgan fingerprint density at radius 3 is 3.21 bits per heavy atom. The monoisotopic (exact) mass is 195 g/mol. The highest BCUT2D eigenvalue weighted by Gasteiger charge is 2.13. The molecule has 0 unspecified atom stereocenters. The first kappa shape index (κ1) is 8.68. The third-order valence-corrected chi connectivity index (χ3v) is 1.81. The first-order valence-corrected chi connectivity index (χ1v) is 4.06. The van der Waals surface area contributed by atoms with E-state index in [9.17, 15) is 4.79 Å². The molecule has 1 aromatic carbocycles. The van der Waals surface area contributed by atoms with Gasteiger partial charge >= 0.3 is 6.16 Å². The van der Waals surface area contributed by atoms with E-state index in [1.807, 2.05) is 0 Å². The molecule has 0 saturated carbocycles. The van der Waals surface area contributed by atoms with Crippen LogP contribution in [-0.4, -0.2) is 20.0 Å². The van der Waals surface area contributed by atoms with Crippen LogP contribution < -0.4 is 14.8 Å². The summed E-state index contributed by atoms with van der Waals surface area (Å²) in [5.74, 6) is 1.07. The average Bonchev–Trinajstić information content (AvgIpc) is 2.64. The summed E-state index contributed by atoms with van der Waals surface area (Å²) in [5, 5.41) is 3.00. The number of benzene rings is 1. The summed E-state index contributed by atoms with van der Waals surface area (Å²) in [4.78, 5) is 10.8. The van der Waals surface area contributed by atoms with Gasteiger partial charge in [-0.05, 0) is 12.1 Å². The Labute approximate surface area is 80.6 Å². The fourth-order valence-electron chi connectivity index (χ4n) is 1.16. The lowest BCUT2D eigenvalue weighted by Crippen LogP contribution is -2.06. The molecule has 0 aromatic heterocycles. The smallest absolute Gasteiger partial charge is 0.471 e. The van der Waals surface area contributed by atoms with Crippen molar-refractivity contribution in [2.45, 2.75) is 0 Å². The van der Waals surface area contributed by atoms with Crippen LogP contribution in [0.2, 0.25) is 0 Å². The lowest BCUT2D eigenvalue weighted by Gasteiger charge is -2.03. The number of rotatable bonds is 1. The molecule has 1 heterocycles. The highest BCUT2D eigenvalue weighted by Crippen LogP contribution is 2.32. The van der Waals surface area contributed by atoms with Gasteiger partial charge in [0.2, 0.25) is 0 Å². The van der Waals surface area contributed by atoms with Crippen LogP contribution in [0.5, 0.6) is 11.5 Å². The molecule has 74 valence electrons. The van der Waals surface area contributed by atoms with E-state index in [4.69, 9.17) is 9.47 Å². The van der Waals surface area contributed by atoms with Gasteiger partial charge in [0.05, 0.1) is 12.8 Å². The highest BCUT2D eigenvalue weighted by molar-refractivity contribution is 5.67. The fourth-order valence-corrected chi connectivity index (χ4v) is 1.16. The standard InChI is InChI=1S/C9H9NO4/c1-12-9(11)14-6-2-3-7-8(4-6)13-5-10-7/h2-4,10H,5H2,1H3. The van der Waals surface area contributed by atoms with Gasteiger partial charge in [0.15, 0.2) is 6.73 Å². The number of fused-ring (bicyclic) bond motifs is 1. The minimum Gasteiger partial charge on any atom is -0.471 e. The number of nitrogens with one attached hydrogen (secondary N) is 1. The van der Waals surface area contributed by atoms with Crippen LogP contribution in [0, 0.1) is 0 Å². The van der Waals surface area contributed by atoms with Gasteiger partial charge in [-0.15, -0.1) is 0 Å². The lowest BCUT2D eigenvalue weighted by atomic mass is 10.3. The maximum atomic E-state index is 10.8. The van der Waals surface area contributed by atoms with E-state index >= 15 is 0 Å². The van der Waals surface area contributed by atoms with Crippen molar-refractivity contribution < 1.29 is 19.0 Å². The van der Waals surface area contributed by atoms with Gasteiger partial charge in [-0.3, -0.25) is 0 Å². The quantitative estimate of drug-likeness (QED) is 0.544. The molecule has 5 heteroatoms. The van der Waals surface area contributed by atoms with Crippen molar-refractivity contribution in [3.05, 3.63) is 18.2 Å². The Kier molecular flexibility index (Phi) is 2.14. The molecule has 1 aliphatic heterocycles. The number of hydrogen-bond donors (Lipinski definition) is 1. The Morgan fingerprint density at radius 2 is 2.43 bits per heavy atom. The van der Waals surface area contributed by atoms with Crippen molar-refractivity contribution in [3.63, 3.8) is 0 Å². The van der Waals surface area contributed by atoms with Gasteiger partial charge in [0.25, 0.3) is 0 Å². The summed E-state index contributed by atoms with van der Waals surface area (Å²) in [6, 6.07) is 5.07. The molecule has 0 bridgehead atoms. The summed E-state index contributed by atoms with van der Waals surface area (Å²) in [7, 11) is 1.26. The van der Waals surface area contributed by atoms with Gasteiger partial charge in [0, 0.05) is 6.07 Å². The third kappa shape index (κ3) is 1.56. The Balaban J connectivity index is 2.16. The third-order valence-electron chi connectivity index (χ3n) is 1.81. The van der Waals surface area contributed by atoms with E-state index in [-0.39, 0.29) is 0 Å². The van der Waals surface area contributed by atoms with Crippen molar-refractivity contribution in [2.75, 3.05) is 19.2 Å². The van der Waals surface area contributed by atoms with Crippen LogP contribution in [0.25, 0.3) is 0 Å². The molecule has 0 fully saturated rings. The van der Waals surface area contributed by atoms with Gasteiger partial charge in [-0.1, -0.05) is 0 Å². The molecule has 14 heavy (non-hydrogen) atoms. The molecular formula is C9H9NO4. The maximum Gasteiger partial charge on any atom is 0.513 e. The van der Waals surface area contributed by atoms with Crippen molar-refractivity contribution >= 4 is 11.8 Å². The molecule has 1 aromatic rings. The SMILES string of the molecule is COC(=O)Oc1ccc2c(c1)OCN2. The summed E-state index contributed by atoms with van der Waals surface area (Å²) >= 11 is 0. The second-order valence-electron chi connectivity index (χ2n) is 2.68. The summed E-state index contributed by atoms with van der Waals surface area (Å²) in [6.45, 7) is 0.441. The van der Waals surface area contributed by atoms with Crippen LogP contribution in [-0.2, 0) is 4.74 Å². The largest absolute Gasteiger partial charge is 0.513 e. The molecule has 5 nitrogen and oxygen atoms in total. The first-order valence-electron chi connectivity index (χ1n) is 4.06. The molecule has 0 atom stereocenters. The minimum atomic E-state index is -0.740. The average molecular weight is 195 g/mol. The second-order valence-corrected chi connectivity index (χ2v) is 2.68. The number of carbonyl (C=O) groups excluding carboxylic acids is 1. The van der Waals surface area contributed by atoms with Crippen LogP contribution in [0.3, 0.4) is 0 Å². The number of ether oxygens (including phenoxy) is 3. The van der Waals surface area contributed by atoms with E-state index in [1.54, 1.807) is 18.2 Å². The lowest BCUT2D eigenvalue weighted by molar-refractivity contribution is 0.121. The predicted molar refractivity (Wildman–Crippen MR) is 48.6 cm³/mol. The molecule has 0 spiro atoms. The summed E-state index contributed by atoms with van der Waals surface area (Å²) in [6.07, 6.45) is -0.740. The zero-order chi connectivity index (χ0) is 9.97. The molecule has 0 aliphatic carbocycles. The van der Waals surface area contributed by atoms with Gasteiger partial charge in [-0.2, -0.15) is 0 Å². The second kappa shape index (κ2) is 3.45. The molecule has 1 N–H and O–H groups in total. The number of anilines is 1.